The Bertz CT molecular complexity index is 1000. The molecule has 0 bridgehead atoms. The number of hydrogen-bond donors (Lipinski definition) is 2. The van der Waals surface area contributed by atoms with Crippen molar-refractivity contribution in [2.24, 2.45) is 11.1 Å². The minimum Gasteiger partial charge on any atom is -0.497 e. The van der Waals surface area contributed by atoms with Crippen LogP contribution in [0.2, 0.25) is 0 Å². The van der Waals surface area contributed by atoms with Crippen molar-refractivity contribution in [3.05, 3.63) is 54.1 Å². The van der Waals surface area contributed by atoms with Gasteiger partial charge in [0.25, 0.3) is 0 Å². The van der Waals surface area contributed by atoms with Crippen molar-refractivity contribution in [2.45, 2.75) is 38.1 Å². The number of hydrogen-bond acceptors (Lipinski definition) is 4. The SMILES string of the molecule is COc1ccc(-c2ccc(C[C@]3(C(N)=O)CCCN(C(=O)[C@H]4CCC(=O)N4)C3)cc2)cc1. The van der Waals surface area contributed by atoms with E-state index in [1.165, 1.54) is 0 Å². The van der Waals surface area contributed by atoms with Gasteiger partial charge in [-0.05, 0) is 54.5 Å². The van der Waals surface area contributed by atoms with Crippen molar-refractivity contribution in [3.8, 4) is 16.9 Å². The first-order valence-corrected chi connectivity index (χ1v) is 11.0. The Morgan fingerprint density at radius 3 is 2.34 bits per heavy atom. The van der Waals surface area contributed by atoms with Crippen LogP contribution in [-0.2, 0) is 20.8 Å². The van der Waals surface area contributed by atoms with Crippen molar-refractivity contribution >= 4 is 17.7 Å². The Hall–Kier alpha value is -3.35. The average molecular weight is 436 g/mol. The van der Waals surface area contributed by atoms with Gasteiger partial charge in [0.05, 0.1) is 12.5 Å². The minimum absolute atomic E-state index is 0.0986. The molecule has 2 atom stereocenters. The van der Waals surface area contributed by atoms with Gasteiger partial charge in [0, 0.05) is 19.5 Å². The quantitative estimate of drug-likeness (QED) is 0.727. The summed E-state index contributed by atoms with van der Waals surface area (Å²) in [5.74, 6) is 0.210. The molecule has 7 heteroatoms. The van der Waals surface area contributed by atoms with Gasteiger partial charge in [0.15, 0.2) is 0 Å². The maximum Gasteiger partial charge on any atom is 0.245 e. The molecular formula is C25H29N3O4. The third-order valence-corrected chi connectivity index (χ3v) is 6.62. The normalized spacial score (nSPS) is 23.0. The fourth-order valence-corrected chi connectivity index (χ4v) is 4.76. The lowest BCUT2D eigenvalue weighted by Crippen LogP contribution is -2.56. The fourth-order valence-electron chi connectivity index (χ4n) is 4.76. The summed E-state index contributed by atoms with van der Waals surface area (Å²) < 4.78 is 5.21. The molecule has 2 heterocycles. The number of rotatable bonds is 6. The van der Waals surface area contributed by atoms with E-state index in [1.807, 2.05) is 48.5 Å². The van der Waals surface area contributed by atoms with E-state index in [4.69, 9.17) is 10.5 Å². The summed E-state index contributed by atoms with van der Waals surface area (Å²) in [5.41, 5.74) is 8.22. The Morgan fingerprint density at radius 1 is 1.12 bits per heavy atom. The molecule has 0 unspecified atom stereocenters. The summed E-state index contributed by atoms with van der Waals surface area (Å²) in [7, 11) is 1.64. The van der Waals surface area contributed by atoms with E-state index in [1.54, 1.807) is 12.0 Å². The maximum atomic E-state index is 12.9. The predicted molar refractivity (Wildman–Crippen MR) is 121 cm³/mol. The molecule has 2 aromatic carbocycles. The first kappa shape index (κ1) is 21.9. The summed E-state index contributed by atoms with van der Waals surface area (Å²) in [6, 6.07) is 15.5. The molecule has 2 aliphatic rings. The second-order valence-corrected chi connectivity index (χ2v) is 8.77. The monoisotopic (exact) mass is 435 g/mol. The van der Waals surface area contributed by atoms with Crippen molar-refractivity contribution in [3.63, 3.8) is 0 Å². The number of nitrogens with two attached hydrogens (primary N) is 1. The van der Waals surface area contributed by atoms with E-state index in [0.717, 1.165) is 22.4 Å². The van der Waals surface area contributed by atoms with Gasteiger partial charge in [-0.15, -0.1) is 0 Å². The van der Waals surface area contributed by atoms with E-state index in [-0.39, 0.29) is 24.3 Å². The number of primary amides is 1. The van der Waals surface area contributed by atoms with Crippen LogP contribution in [0.25, 0.3) is 11.1 Å². The van der Waals surface area contributed by atoms with Gasteiger partial charge in [-0.1, -0.05) is 36.4 Å². The lowest BCUT2D eigenvalue weighted by atomic mass is 9.74. The zero-order valence-corrected chi connectivity index (χ0v) is 18.3. The molecule has 0 spiro atoms. The van der Waals surface area contributed by atoms with Gasteiger partial charge in [-0.3, -0.25) is 14.4 Å². The van der Waals surface area contributed by atoms with Crippen LogP contribution in [0.15, 0.2) is 48.5 Å². The lowest BCUT2D eigenvalue weighted by Gasteiger charge is -2.41. The van der Waals surface area contributed by atoms with E-state index >= 15 is 0 Å². The van der Waals surface area contributed by atoms with E-state index in [2.05, 4.69) is 5.32 Å². The van der Waals surface area contributed by atoms with Crippen molar-refractivity contribution < 1.29 is 19.1 Å². The zero-order chi connectivity index (χ0) is 22.7. The molecule has 2 aliphatic heterocycles. The zero-order valence-electron chi connectivity index (χ0n) is 18.3. The number of piperidine rings is 1. The molecule has 4 rings (SSSR count). The van der Waals surface area contributed by atoms with Crippen LogP contribution in [0.3, 0.4) is 0 Å². The Balaban J connectivity index is 1.49. The highest BCUT2D eigenvalue weighted by Gasteiger charge is 2.43. The van der Waals surface area contributed by atoms with Crippen LogP contribution in [0.4, 0.5) is 0 Å². The topological polar surface area (TPSA) is 102 Å². The molecule has 0 saturated carbocycles. The Kier molecular flexibility index (Phi) is 6.17. The second kappa shape index (κ2) is 9.02. The largest absolute Gasteiger partial charge is 0.497 e. The molecule has 0 aromatic heterocycles. The molecule has 0 radical (unpaired) electrons. The smallest absolute Gasteiger partial charge is 0.245 e. The van der Waals surface area contributed by atoms with E-state index < -0.39 is 11.5 Å². The lowest BCUT2D eigenvalue weighted by molar-refractivity contribution is -0.142. The third-order valence-electron chi connectivity index (χ3n) is 6.62. The van der Waals surface area contributed by atoms with Crippen molar-refractivity contribution in [1.82, 2.24) is 10.2 Å². The highest BCUT2D eigenvalue weighted by atomic mass is 16.5. The van der Waals surface area contributed by atoms with Gasteiger partial charge in [-0.2, -0.15) is 0 Å². The minimum atomic E-state index is -0.807. The molecular weight excluding hydrogens is 406 g/mol. The van der Waals surface area contributed by atoms with Crippen LogP contribution in [-0.4, -0.2) is 48.9 Å². The number of amides is 3. The summed E-state index contributed by atoms with van der Waals surface area (Å²) >= 11 is 0. The van der Waals surface area contributed by atoms with E-state index in [9.17, 15) is 14.4 Å². The van der Waals surface area contributed by atoms with Gasteiger partial charge >= 0.3 is 0 Å². The van der Waals surface area contributed by atoms with Gasteiger partial charge in [-0.25, -0.2) is 0 Å². The van der Waals surface area contributed by atoms with Gasteiger partial charge < -0.3 is 20.7 Å². The van der Waals surface area contributed by atoms with Crippen LogP contribution < -0.4 is 15.8 Å². The Morgan fingerprint density at radius 2 is 1.78 bits per heavy atom. The first-order chi connectivity index (χ1) is 15.4. The first-order valence-electron chi connectivity index (χ1n) is 11.0. The highest BCUT2D eigenvalue weighted by molar-refractivity contribution is 5.91. The van der Waals surface area contributed by atoms with Crippen LogP contribution in [0, 0.1) is 5.41 Å². The summed E-state index contributed by atoms with van der Waals surface area (Å²) in [6.07, 6.45) is 2.70. The molecule has 0 aliphatic carbocycles. The highest BCUT2D eigenvalue weighted by Crippen LogP contribution is 2.35. The number of nitrogens with one attached hydrogen (secondary N) is 1. The number of nitrogens with zero attached hydrogens (tertiary/aromatic N) is 1. The molecule has 7 nitrogen and oxygen atoms in total. The molecule has 3 N–H and O–H groups in total. The molecule has 2 saturated heterocycles. The molecule has 3 amide bonds. The summed E-state index contributed by atoms with van der Waals surface area (Å²) in [6.45, 7) is 0.865. The van der Waals surface area contributed by atoms with E-state index in [0.29, 0.717) is 38.6 Å². The third kappa shape index (κ3) is 4.47. The van der Waals surface area contributed by atoms with Crippen LogP contribution >= 0.6 is 0 Å². The molecule has 168 valence electrons. The molecule has 32 heavy (non-hydrogen) atoms. The van der Waals surface area contributed by atoms with Crippen LogP contribution in [0.5, 0.6) is 5.75 Å². The molecule has 2 aromatic rings. The standard InChI is InChI=1S/C25H29N3O4/c1-32-20-9-7-19(8-10-20)18-5-3-17(4-6-18)15-25(24(26)31)13-2-14-28(16-25)23(30)21-11-12-22(29)27-21/h3-10,21H,2,11-16H2,1H3,(H2,26,31)(H,27,29)/t21-,25-/m1/s1. The predicted octanol–water partition coefficient (Wildman–Crippen LogP) is 2.28. The van der Waals surface area contributed by atoms with Crippen LogP contribution in [0.1, 0.15) is 31.2 Å². The average Bonchev–Trinajstić information content (AvgIpc) is 3.25. The number of methoxy groups -OCH3 is 1. The number of ether oxygens (including phenoxy) is 1. The number of likely N-dealkylation sites (tertiary alicyclic amines) is 1. The van der Waals surface area contributed by atoms with Crippen molar-refractivity contribution in [2.75, 3.05) is 20.2 Å². The number of carbonyl (C=O) groups excluding carboxylic acids is 3. The number of carbonyl (C=O) groups is 3. The second-order valence-electron chi connectivity index (χ2n) is 8.77. The number of benzene rings is 2. The maximum absolute atomic E-state index is 12.9. The summed E-state index contributed by atoms with van der Waals surface area (Å²) in [5, 5.41) is 2.73. The summed E-state index contributed by atoms with van der Waals surface area (Å²) in [4.78, 5) is 38.7. The Labute approximate surface area is 187 Å². The van der Waals surface area contributed by atoms with Gasteiger partial charge in [0.2, 0.25) is 17.7 Å². The molecule has 2 fully saturated rings. The fraction of sp³-hybridized carbons (Fsp3) is 0.400. The van der Waals surface area contributed by atoms with Crippen molar-refractivity contribution in [1.29, 1.82) is 0 Å². The van der Waals surface area contributed by atoms with Gasteiger partial charge in [0.1, 0.15) is 11.8 Å².